The van der Waals surface area contributed by atoms with Crippen LogP contribution in [0.4, 0.5) is 0 Å². The van der Waals surface area contributed by atoms with E-state index in [1.54, 1.807) is 0 Å². The Morgan fingerprint density at radius 3 is 2.09 bits per heavy atom. The average molecular weight is 290 g/mol. The molecule has 0 spiro atoms. The van der Waals surface area contributed by atoms with Gasteiger partial charge in [0.1, 0.15) is 6.29 Å². The van der Waals surface area contributed by atoms with Gasteiger partial charge in [0.05, 0.1) is 0 Å². The molecule has 0 aliphatic rings. The topological polar surface area (TPSA) is 17.1 Å². The lowest BCUT2D eigenvalue weighted by Crippen LogP contribution is -1.89. The van der Waals surface area contributed by atoms with Gasteiger partial charge < -0.3 is 0 Å². The van der Waals surface area contributed by atoms with E-state index in [1.807, 2.05) is 42.5 Å². The summed E-state index contributed by atoms with van der Waals surface area (Å²) in [5.74, 6) is 0.561. The first-order chi connectivity index (χ1) is 10.6. The van der Waals surface area contributed by atoms with Crippen molar-refractivity contribution in [3.05, 3.63) is 82.4 Å². The van der Waals surface area contributed by atoms with E-state index in [9.17, 15) is 4.79 Å². The van der Waals surface area contributed by atoms with E-state index < -0.39 is 0 Å². The lowest BCUT2D eigenvalue weighted by atomic mass is 9.98. The van der Waals surface area contributed by atoms with Gasteiger partial charge in [0.25, 0.3) is 0 Å². The van der Waals surface area contributed by atoms with Crippen molar-refractivity contribution in [1.29, 1.82) is 0 Å². The first-order valence-corrected chi connectivity index (χ1v) is 7.60. The molecule has 0 amide bonds. The molecule has 0 unspecified atom stereocenters. The van der Waals surface area contributed by atoms with Crippen LogP contribution in [-0.4, -0.2) is 6.29 Å². The normalized spacial score (nSPS) is 11.6. The second-order valence-corrected chi connectivity index (χ2v) is 5.77. The lowest BCUT2D eigenvalue weighted by molar-refractivity contribution is 0.112. The number of aldehydes is 1. The van der Waals surface area contributed by atoms with Gasteiger partial charge in [0.15, 0.2) is 0 Å². The van der Waals surface area contributed by atoms with Gasteiger partial charge in [-0.1, -0.05) is 80.6 Å². The monoisotopic (exact) mass is 290 g/mol. The van der Waals surface area contributed by atoms with Crippen molar-refractivity contribution in [2.24, 2.45) is 0 Å². The smallest absolute Gasteiger partial charge is 0.150 e. The number of hydrogen-bond donors (Lipinski definition) is 0. The fourth-order valence-electron chi connectivity index (χ4n) is 2.26. The number of benzene rings is 2. The van der Waals surface area contributed by atoms with Gasteiger partial charge in [0, 0.05) is 5.56 Å². The highest BCUT2D eigenvalue weighted by atomic mass is 16.1. The molecule has 1 nitrogen and oxygen atoms in total. The number of hydrogen-bond acceptors (Lipinski definition) is 1. The summed E-state index contributed by atoms with van der Waals surface area (Å²) in [6.07, 6.45) is 9.08. The van der Waals surface area contributed by atoms with Crippen molar-refractivity contribution in [1.82, 2.24) is 0 Å². The van der Waals surface area contributed by atoms with Crippen molar-refractivity contribution in [3.8, 4) is 0 Å². The molecule has 0 aliphatic heterocycles. The molecule has 2 aromatic carbocycles. The maximum Gasteiger partial charge on any atom is 0.150 e. The van der Waals surface area contributed by atoms with Gasteiger partial charge >= 0.3 is 0 Å². The van der Waals surface area contributed by atoms with Crippen LogP contribution >= 0.6 is 0 Å². The molecule has 0 aliphatic carbocycles. The molecule has 0 saturated carbocycles. The number of aryl methyl sites for hydroxylation is 1. The van der Waals surface area contributed by atoms with Crippen molar-refractivity contribution >= 4 is 18.4 Å². The lowest BCUT2D eigenvalue weighted by Gasteiger charge is -2.08. The first kappa shape index (κ1) is 16.0. The molecule has 0 N–H and O–H groups in total. The summed E-state index contributed by atoms with van der Waals surface area (Å²) >= 11 is 0. The molecule has 0 heterocycles. The number of carbonyl (C=O) groups is 1. The van der Waals surface area contributed by atoms with Gasteiger partial charge in [-0.05, 0) is 35.1 Å². The third-order valence-electron chi connectivity index (χ3n) is 3.71. The zero-order valence-corrected chi connectivity index (χ0v) is 13.4. The van der Waals surface area contributed by atoms with E-state index in [2.05, 4.69) is 45.0 Å². The van der Waals surface area contributed by atoms with Gasteiger partial charge in [-0.25, -0.2) is 0 Å². The molecule has 0 atom stereocenters. The standard InChI is InChI=1S/C21H22O/c1-16(2)21-13-12-20(17(3)14-21)7-5-4-6-18-8-10-19(15-22)11-9-18/h4-16H,1-3H3. The molecule has 1 heteroatoms. The molecule has 22 heavy (non-hydrogen) atoms. The molecule has 0 fully saturated rings. The fraction of sp³-hybridized carbons (Fsp3) is 0.190. The molecule has 112 valence electrons. The summed E-state index contributed by atoms with van der Waals surface area (Å²) < 4.78 is 0. The minimum Gasteiger partial charge on any atom is -0.298 e. The summed E-state index contributed by atoms with van der Waals surface area (Å²) in [4.78, 5) is 10.6. The van der Waals surface area contributed by atoms with E-state index in [0.717, 1.165) is 11.8 Å². The van der Waals surface area contributed by atoms with Gasteiger partial charge in [-0.15, -0.1) is 0 Å². The van der Waals surface area contributed by atoms with Crippen LogP contribution < -0.4 is 0 Å². The number of allylic oxidation sites excluding steroid dienone is 2. The summed E-state index contributed by atoms with van der Waals surface area (Å²) in [5.41, 5.74) is 5.70. The summed E-state index contributed by atoms with van der Waals surface area (Å²) in [5, 5.41) is 0. The van der Waals surface area contributed by atoms with Crippen LogP contribution in [0.2, 0.25) is 0 Å². The third kappa shape index (κ3) is 4.29. The Hall–Kier alpha value is -2.41. The molecule has 2 rings (SSSR count). The predicted octanol–water partition coefficient (Wildman–Crippen LogP) is 5.66. The highest BCUT2D eigenvalue weighted by Crippen LogP contribution is 2.19. The first-order valence-electron chi connectivity index (χ1n) is 7.60. The van der Waals surface area contributed by atoms with Crippen molar-refractivity contribution < 1.29 is 4.79 Å². The Labute approximate surface area is 133 Å². The molecule has 0 aromatic heterocycles. The molecule has 0 radical (unpaired) electrons. The van der Waals surface area contributed by atoms with E-state index in [0.29, 0.717) is 11.5 Å². The summed E-state index contributed by atoms with van der Waals surface area (Å²) in [7, 11) is 0. The summed E-state index contributed by atoms with van der Waals surface area (Å²) in [6, 6.07) is 14.2. The van der Waals surface area contributed by atoms with Crippen LogP contribution in [0.25, 0.3) is 12.2 Å². The Kier molecular flexibility index (Phi) is 5.48. The largest absolute Gasteiger partial charge is 0.298 e. The molecular weight excluding hydrogens is 268 g/mol. The Bertz CT molecular complexity index is 688. The Morgan fingerprint density at radius 1 is 0.864 bits per heavy atom. The van der Waals surface area contributed by atoms with Gasteiger partial charge in [-0.3, -0.25) is 4.79 Å². The molecule has 2 aromatic rings. The quantitative estimate of drug-likeness (QED) is 0.513. The third-order valence-corrected chi connectivity index (χ3v) is 3.71. The predicted molar refractivity (Wildman–Crippen MR) is 95.2 cm³/mol. The number of rotatable bonds is 5. The average Bonchev–Trinajstić information content (AvgIpc) is 2.53. The van der Waals surface area contributed by atoms with E-state index in [4.69, 9.17) is 0 Å². The molecule has 0 bridgehead atoms. The second-order valence-electron chi connectivity index (χ2n) is 5.77. The zero-order chi connectivity index (χ0) is 15.9. The zero-order valence-electron chi connectivity index (χ0n) is 13.4. The minimum absolute atomic E-state index is 0.561. The van der Waals surface area contributed by atoms with Crippen LogP contribution in [0.1, 0.15) is 52.4 Å². The van der Waals surface area contributed by atoms with Crippen molar-refractivity contribution in [3.63, 3.8) is 0 Å². The van der Waals surface area contributed by atoms with E-state index in [1.165, 1.54) is 16.7 Å². The van der Waals surface area contributed by atoms with Crippen LogP contribution in [0.3, 0.4) is 0 Å². The van der Waals surface area contributed by atoms with Crippen LogP contribution in [0.5, 0.6) is 0 Å². The van der Waals surface area contributed by atoms with Gasteiger partial charge in [-0.2, -0.15) is 0 Å². The number of carbonyl (C=O) groups excluding carboxylic acids is 1. The fourth-order valence-corrected chi connectivity index (χ4v) is 2.26. The van der Waals surface area contributed by atoms with Crippen LogP contribution in [0, 0.1) is 6.92 Å². The summed E-state index contributed by atoms with van der Waals surface area (Å²) in [6.45, 7) is 6.57. The van der Waals surface area contributed by atoms with Gasteiger partial charge in [0.2, 0.25) is 0 Å². The van der Waals surface area contributed by atoms with E-state index >= 15 is 0 Å². The van der Waals surface area contributed by atoms with Crippen molar-refractivity contribution in [2.45, 2.75) is 26.7 Å². The SMILES string of the molecule is Cc1cc(C(C)C)ccc1C=CC=Cc1ccc(C=O)cc1. The van der Waals surface area contributed by atoms with E-state index in [-0.39, 0.29) is 0 Å². The maximum atomic E-state index is 10.6. The molecular formula is C21H22O. The molecule has 0 saturated heterocycles. The minimum atomic E-state index is 0.561. The highest BCUT2D eigenvalue weighted by molar-refractivity contribution is 5.75. The van der Waals surface area contributed by atoms with Crippen LogP contribution in [-0.2, 0) is 0 Å². The second kappa shape index (κ2) is 7.56. The van der Waals surface area contributed by atoms with Crippen molar-refractivity contribution in [2.75, 3.05) is 0 Å². The maximum absolute atomic E-state index is 10.6. The highest BCUT2D eigenvalue weighted by Gasteiger charge is 2.00. The Balaban J connectivity index is 2.05. The van der Waals surface area contributed by atoms with Crippen LogP contribution in [0.15, 0.2) is 54.6 Å². The Morgan fingerprint density at radius 2 is 1.50 bits per heavy atom.